The summed E-state index contributed by atoms with van der Waals surface area (Å²) in [7, 11) is 0. The largest absolute Gasteiger partial charge is 0.372 e. The summed E-state index contributed by atoms with van der Waals surface area (Å²) in [5, 5.41) is 4.94. The molecule has 258 valence electrons. The molecular weight excluding hydrogens is 633 g/mol. The fourth-order valence-corrected chi connectivity index (χ4v) is 8.23. The molecule has 0 unspecified atom stereocenters. The molecule has 9 rings (SSSR count). The van der Waals surface area contributed by atoms with Gasteiger partial charge in [0, 0.05) is 71.7 Å². The van der Waals surface area contributed by atoms with Crippen LogP contribution in [0.2, 0.25) is 0 Å². The number of benzene rings is 7. The topological polar surface area (TPSA) is 13.0 Å². The van der Waals surface area contributed by atoms with Gasteiger partial charge in [0.2, 0.25) is 0 Å². The van der Waals surface area contributed by atoms with E-state index in [0.717, 1.165) is 48.9 Å². The van der Waals surface area contributed by atoms with Crippen LogP contribution in [0.3, 0.4) is 0 Å². The quantitative estimate of drug-likeness (QED) is 0.148. The minimum absolute atomic E-state index is 1.15. The molecule has 2 saturated heterocycles. The zero-order valence-electron chi connectivity index (χ0n) is 29.9. The summed E-state index contributed by atoms with van der Waals surface area (Å²) >= 11 is 0. The summed E-state index contributed by atoms with van der Waals surface area (Å²) in [6.45, 7) is 4.60. The van der Waals surface area contributed by atoms with E-state index in [1.807, 2.05) is 0 Å². The van der Waals surface area contributed by atoms with E-state index in [2.05, 4.69) is 177 Å². The van der Waals surface area contributed by atoms with E-state index in [1.165, 1.54) is 82.8 Å². The van der Waals surface area contributed by atoms with E-state index in [-0.39, 0.29) is 0 Å². The highest BCUT2D eigenvalue weighted by atomic mass is 15.2. The Morgan fingerprint density at radius 3 is 1.02 bits per heavy atom. The standard InChI is InChI=1S/C48H46N4/c1-5-13-43(14-6-1)51(45-25-21-41(22-26-45)49-29-9-3-10-30-49)47-19-17-37-34-40-36-48(20-18-38(40)33-39(37)35-47)52(44-15-7-2-8-16-44)46-27-23-42(24-28-46)50-31-11-4-12-32-50/h1-2,5-8,13-28,33-36H,3-4,9-12,29-32H2. The van der Waals surface area contributed by atoms with E-state index in [1.54, 1.807) is 0 Å². The lowest BCUT2D eigenvalue weighted by atomic mass is 10.0. The lowest BCUT2D eigenvalue weighted by molar-refractivity contribution is 0.578. The molecule has 52 heavy (non-hydrogen) atoms. The van der Waals surface area contributed by atoms with Crippen molar-refractivity contribution in [1.29, 1.82) is 0 Å². The Hall–Kier alpha value is -5.74. The van der Waals surface area contributed by atoms with Gasteiger partial charge in [-0.3, -0.25) is 0 Å². The summed E-state index contributed by atoms with van der Waals surface area (Å²) in [6.07, 6.45) is 7.81. The molecular formula is C48H46N4. The average Bonchev–Trinajstić information content (AvgIpc) is 3.22. The summed E-state index contributed by atoms with van der Waals surface area (Å²) in [6, 6.07) is 58.2. The van der Waals surface area contributed by atoms with Crippen LogP contribution < -0.4 is 19.6 Å². The minimum Gasteiger partial charge on any atom is -0.372 e. The molecule has 7 aromatic rings. The summed E-state index contributed by atoms with van der Waals surface area (Å²) in [5.74, 6) is 0. The second kappa shape index (κ2) is 14.5. The van der Waals surface area contributed by atoms with Crippen molar-refractivity contribution >= 4 is 67.0 Å². The maximum absolute atomic E-state index is 2.53. The molecule has 4 nitrogen and oxygen atoms in total. The molecule has 2 aliphatic heterocycles. The first-order valence-electron chi connectivity index (χ1n) is 19.1. The monoisotopic (exact) mass is 678 g/mol. The molecule has 0 amide bonds. The lowest BCUT2D eigenvalue weighted by Gasteiger charge is -2.30. The number of hydrogen-bond donors (Lipinski definition) is 0. The van der Waals surface area contributed by atoms with Crippen LogP contribution in [0.1, 0.15) is 38.5 Å². The zero-order valence-corrected chi connectivity index (χ0v) is 29.9. The van der Waals surface area contributed by atoms with E-state index in [9.17, 15) is 0 Å². The minimum atomic E-state index is 1.15. The maximum atomic E-state index is 2.53. The average molecular weight is 679 g/mol. The highest BCUT2D eigenvalue weighted by Gasteiger charge is 2.18. The van der Waals surface area contributed by atoms with Gasteiger partial charge in [-0.2, -0.15) is 0 Å². The van der Waals surface area contributed by atoms with Crippen molar-refractivity contribution in [2.75, 3.05) is 45.8 Å². The van der Waals surface area contributed by atoms with Gasteiger partial charge in [0.1, 0.15) is 0 Å². The molecule has 0 spiro atoms. The maximum Gasteiger partial charge on any atom is 0.0468 e. The second-order valence-corrected chi connectivity index (χ2v) is 14.4. The molecule has 2 heterocycles. The predicted octanol–water partition coefficient (Wildman–Crippen LogP) is 12.9. The van der Waals surface area contributed by atoms with E-state index in [0.29, 0.717) is 0 Å². The third kappa shape index (κ3) is 6.57. The second-order valence-electron chi connectivity index (χ2n) is 14.4. The van der Waals surface area contributed by atoms with E-state index in [4.69, 9.17) is 0 Å². The summed E-state index contributed by atoms with van der Waals surface area (Å²) in [5.41, 5.74) is 9.60. The first kappa shape index (κ1) is 32.2. The molecule has 0 atom stereocenters. The van der Waals surface area contributed by atoms with Crippen LogP contribution in [0.25, 0.3) is 21.5 Å². The van der Waals surface area contributed by atoms with Crippen LogP contribution in [0, 0.1) is 0 Å². The summed E-state index contributed by atoms with van der Waals surface area (Å²) < 4.78 is 0. The SMILES string of the molecule is c1ccc(N(c2ccc(N3CCCCC3)cc2)c2ccc3cc4cc(N(c5ccccc5)c5ccc(N6CCCCC6)cc5)ccc4cc3c2)cc1. The van der Waals surface area contributed by atoms with Crippen LogP contribution in [-0.4, -0.2) is 26.2 Å². The number of nitrogens with zero attached hydrogens (tertiary/aromatic N) is 4. The fourth-order valence-electron chi connectivity index (χ4n) is 8.23. The van der Waals surface area contributed by atoms with Crippen molar-refractivity contribution in [3.05, 3.63) is 158 Å². The Labute approximate surface area is 308 Å². The molecule has 0 radical (unpaired) electrons. The van der Waals surface area contributed by atoms with Gasteiger partial charge in [-0.15, -0.1) is 0 Å². The van der Waals surface area contributed by atoms with Crippen molar-refractivity contribution in [2.45, 2.75) is 38.5 Å². The van der Waals surface area contributed by atoms with Gasteiger partial charge < -0.3 is 19.6 Å². The smallest absolute Gasteiger partial charge is 0.0468 e. The number of anilines is 8. The number of hydrogen-bond acceptors (Lipinski definition) is 4. The van der Waals surface area contributed by atoms with Crippen LogP contribution >= 0.6 is 0 Å². The number of para-hydroxylation sites is 2. The predicted molar refractivity (Wildman–Crippen MR) is 223 cm³/mol. The van der Waals surface area contributed by atoms with Crippen LogP contribution in [0.15, 0.2) is 158 Å². The van der Waals surface area contributed by atoms with Gasteiger partial charge in [0.15, 0.2) is 0 Å². The molecule has 0 aromatic heterocycles. The first-order chi connectivity index (χ1) is 25.8. The summed E-state index contributed by atoms with van der Waals surface area (Å²) in [4.78, 5) is 9.80. The van der Waals surface area contributed by atoms with Crippen molar-refractivity contribution in [2.24, 2.45) is 0 Å². The lowest BCUT2D eigenvalue weighted by Crippen LogP contribution is -2.29. The van der Waals surface area contributed by atoms with Crippen molar-refractivity contribution in [1.82, 2.24) is 0 Å². The van der Waals surface area contributed by atoms with Gasteiger partial charge in [-0.25, -0.2) is 0 Å². The van der Waals surface area contributed by atoms with Gasteiger partial charge in [0.25, 0.3) is 0 Å². The van der Waals surface area contributed by atoms with Crippen molar-refractivity contribution in [3.63, 3.8) is 0 Å². The normalized spacial score (nSPS) is 14.8. The Morgan fingerprint density at radius 2 is 0.635 bits per heavy atom. The number of fused-ring (bicyclic) bond motifs is 2. The number of piperidine rings is 2. The van der Waals surface area contributed by atoms with Gasteiger partial charge >= 0.3 is 0 Å². The zero-order chi connectivity index (χ0) is 34.7. The number of rotatable bonds is 8. The third-order valence-corrected chi connectivity index (χ3v) is 11.0. The fraction of sp³-hybridized carbons (Fsp3) is 0.208. The molecule has 2 fully saturated rings. The third-order valence-electron chi connectivity index (χ3n) is 11.0. The Bertz CT molecular complexity index is 2090. The van der Waals surface area contributed by atoms with E-state index >= 15 is 0 Å². The van der Waals surface area contributed by atoms with Gasteiger partial charge in [-0.05, 0) is 169 Å². The van der Waals surface area contributed by atoms with E-state index < -0.39 is 0 Å². The Balaban J connectivity index is 1.06. The first-order valence-corrected chi connectivity index (χ1v) is 19.1. The molecule has 4 heteroatoms. The molecule has 2 aliphatic rings. The van der Waals surface area contributed by atoms with Gasteiger partial charge in [-0.1, -0.05) is 48.5 Å². The Morgan fingerprint density at radius 1 is 0.288 bits per heavy atom. The molecule has 0 N–H and O–H groups in total. The highest BCUT2D eigenvalue weighted by Crippen LogP contribution is 2.40. The van der Waals surface area contributed by atoms with Crippen LogP contribution in [0.5, 0.6) is 0 Å². The van der Waals surface area contributed by atoms with Crippen LogP contribution in [0.4, 0.5) is 45.5 Å². The van der Waals surface area contributed by atoms with Gasteiger partial charge in [0.05, 0.1) is 0 Å². The highest BCUT2D eigenvalue weighted by molar-refractivity contribution is 6.02. The molecule has 0 saturated carbocycles. The van der Waals surface area contributed by atoms with Crippen molar-refractivity contribution in [3.8, 4) is 0 Å². The Kier molecular flexibility index (Phi) is 8.96. The van der Waals surface area contributed by atoms with Crippen LogP contribution in [-0.2, 0) is 0 Å². The molecule has 0 bridgehead atoms. The van der Waals surface area contributed by atoms with Crippen molar-refractivity contribution < 1.29 is 0 Å². The molecule has 0 aliphatic carbocycles. The molecule has 7 aromatic carbocycles.